The molecule has 10 heteroatoms. The van der Waals surface area contributed by atoms with Gasteiger partial charge in [-0.3, -0.25) is 4.79 Å². The third-order valence-corrected chi connectivity index (χ3v) is 5.88. The average molecular weight is 477 g/mol. The molecule has 172 valence electrons. The number of anilines is 1. The van der Waals surface area contributed by atoms with E-state index in [0.717, 1.165) is 25.5 Å². The van der Waals surface area contributed by atoms with Crippen molar-refractivity contribution in [2.45, 2.75) is 11.1 Å². The number of amides is 1. The van der Waals surface area contributed by atoms with Gasteiger partial charge in [-0.25, -0.2) is 13.2 Å². The highest BCUT2D eigenvalue weighted by atomic mass is 32.2. The molecule has 0 aromatic heterocycles. The fourth-order valence-corrected chi connectivity index (χ4v) is 4.04. The highest BCUT2D eigenvalue weighted by molar-refractivity contribution is 7.90. The van der Waals surface area contributed by atoms with Crippen molar-refractivity contribution in [1.82, 2.24) is 0 Å². The molecular formula is C23H18F3NO5S. The lowest BCUT2D eigenvalue weighted by Gasteiger charge is -2.14. The van der Waals surface area contributed by atoms with Crippen molar-refractivity contribution in [2.75, 3.05) is 18.7 Å². The first-order chi connectivity index (χ1) is 15.4. The molecule has 3 rings (SSSR count). The molecule has 0 atom stereocenters. The summed E-state index contributed by atoms with van der Waals surface area (Å²) >= 11 is 0. The topological polar surface area (TPSA) is 89.5 Å². The number of carbonyl (C=O) groups is 2. The highest BCUT2D eigenvalue weighted by Gasteiger charge is 2.30. The standard InChI is InChI=1S/C23H18F3NO5S/c1-32-22(29)18-13-15(14-6-5-7-16(12-14)23(24,25)26)10-11-19(18)27-21(28)17-8-3-4-9-20(17)33(2,30)31/h3-13H,1-2H3,(H,27,28). The molecule has 1 amide bonds. The van der Waals surface area contributed by atoms with Crippen molar-refractivity contribution in [1.29, 1.82) is 0 Å². The molecule has 1 N–H and O–H groups in total. The maximum absolute atomic E-state index is 13.1. The predicted octanol–water partition coefficient (Wildman–Crippen LogP) is 4.81. The second-order valence-corrected chi connectivity index (χ2v) is 9.04. The van der Waals surface area contributed by atoms with Crippen LogP contribution < -0.4 is 5.32 Å². The number of ether oxygens (including phenoxy) is 1. The van der Waals surface area contributed by atoms with Crippen molar-refractivity contribution in [3.63, 3.8) is 0 Å². The summed E-state index contributed by atoms with van der Waals surface area (Å²) in [7, 11) is -2.59. The van der Waals surface area contributed by atoms with E-state index < -0.39 is 33.5 Å². The maximum Gasteiger partial charge on any atom is 0.416 e. The number of halogens is 3. The Bertz CT molecular complexity index is 1330. The van der Waals surface area contributed by atoms with E-state index in [1.807, 2.05) is 0 Å². The molecule has 0 bridgehead atoms. The van der Waals surface area contributed by atoms with E-state index in [-0.39, 0.29) is 32.8 Å². The van der Waals surface area contributed by atoms with Gasteiger partial charge in [0.2, 0.25) is 0 Å². The lowest BCUT2D eigenvalue weighted by molar-refractivity contribution is -0.137. The third-order valence-electron chi connectivity index (χ3n) is 4.73. The fraction of sp³-hybridized carbons (Fsp3) is 0.130. The van der Waals surface area contributed by atoms with Crippen LogP contribution in [0, 0.1) is 0 Å². The summed E-state index contributed by atoms with van der Waals surface area (Å²) in [5.74, 6) is -1.62. The van der Waals surface area contributed by atoms with Crippen molar-refractivity contribution >= 4 is 27.4 Å². The van der Waals surface area contributed by atoms with Gasteiger partial charge < -0.3 is 10.1 Å². The first-order valence-corrected chi connectivity index (χ1v) is 11.3. The van der Waals surface area contributed by atoms with E-state index in [1.54, 1.807) is 0 Å². The van der Waals surface area contributed by atoms with E-state index in [1.165, 1.54) is 54.6 Å². The summed E-state index contributed by atoms with van der Waals surface area (Å²) in [5, 5.41) is 2.48. The van der Waals surface area contributed by atoms with Gasteiger partial charge in [0.05, 0.1) is 34.4 Å². The van der Waals surface area contributed by atoms with Crippen LogP contribution in [0.25, 0.3) is 11.1 Å². The lowest BCUT2D eigenvalue weighted by Crippen LogP contribution is -2.18. The van der Waals surface area contributed by atoms with Gasteiger partial charge in [0, 0.05) is 6.26 Å². The Morgan fingerprint density at radius 2 is 1.55 bits per heavy atom. The molecule has 0 saturated heterocycles. The van der Waals surface area contributed by atoms with E-state index >= 15 is 0 Å². The number of hydrogen-bond donors (Lipinski definition) is 1. The van der Waals surface area contributed by atoms with Gasteiger partial charge in [-0.1, -0.05) is 30.3 Å². The Morgan fingerprint density at radius 1 is 0.879 bits per heavy atom. The van der Waals surface area contributed by atoms with Crippen molar-refractivity contribution < 1.29 is 35.9 Å². The number of nitrogens with one attached hydrogen (secondary N) is 1. The maximum atomic E-state index is 13.1. The largest absolute Gasteiger partial charge is 0.465 e. The van der Waals surface area contributed by atoms with Crippen molar-refractivity contribution in [3.8, 4) is 11.1 Å². The smallest absolute Gasteiger partial charge is 0.416 e. The number of benzene rings is 3. The molecule has 0 aliphatic rings. The predicted molar refractivity (Wildman–Crippen MR) is 116 cm³/mol. The van der Waals surface area contributed by atoms with Gasteiger partial charge >= 0.3 is 12.1 Å². The molecule has 0 aliphatic heterocycles. The van der Waals surface area contributed by atoms with Crippen LogP contribution in [-0.2, 0) is 20.8 Å². The van der Waals surface area contributed by atoms with Gasteiger partial charge in [-0.05, 0) is 47.5 Å². The van der Waals surface area contributed by atoms with Crippen molar-refractivity contribution in [2.24, 2.45) is 0 Å². The molecule has 33 heavy (non-hydrogen) atoms. The van der Waals surface area contributed by atoms with Crippen LogP contribution in [0.2, 0.25) is 0 Å². The summed E-state index contributed by atoms with van der Waals surface area (Å²) in [4.78, 5) is 24.9. The number of carbonyl (C=O) groups excluding carboxylic acids is 2. The molecule has 0 unspecified atom stereocenters. The number of hydrogen-bond acceptors (Lipinski definition) is 5. The van der Waals surface area contributed by atoms with Crippen LogP contribution in [-0.4, -0.2) is 33.7 Å². The van der Waals surface area contributed by atoms with E-state index in [9.17, 15) is 31.2 Å². The zero-order chi connectivity index (χ0) is 24.4. The lowest BCUT2D eigenvalue weighted by atomic mass is 9.99. The molecule has 3 aromatic rings. The van der Waals surface area contributed by atoms with Gasteiger partial charge in [0.15, 0.2) is 9.84 Å². The second-order valence-electron chi connectivity index (χ2n) is 7.05. The van der Waals surface area contributed by atoms with E-state index in [0.29, 0.717) is 0 Å². The summed E-state index contributed by atoms with van der Waals surface area (Å²) in [5.41, 5.74) is -0.595. The first-order valence-electron chi connectivity index (χ1n) is 9.42. The molecule has 0 aliphatic carbocycles. The molecule has 0 radical (unpaired) electrons. The van der Waals surface area contributed by atoms with Crippen LogP contribution in [0.15, 0.2) is 71.6 Å². The third kappa shape index (κ3) is 5.40. The van der Waals surface area contributed by atoms with Gasteiger partial charge in [-0.15, -0.1) is 0 Å². The van der Waals surface area contributed by atoms with Crippen molar-refractivity contribution in [3.05, 3.63) is 83.4 Å². The van der Waals surface area contributed by atoms with Crippen LogP contribution >= 0.6 is 0 Å². The zero-order valence-electron chi connectivity index (χ0n) is 17.4. The number of alkyl halides is 3. The monoisotopic (exact) mass is 477 g/mol. The van der Waals surface area contributed by atoms with Crippen LogP contribution in [0.5, 0.6) is 0 Å². The Balaban J connectivity index is 2.03. The van der Waals surface area contributed by atoms with Gasteiger partial charge in [-0.2, -0.15) is 13.2 Å². The van der Waals surface area contributed by atoms with Crippen LogP contribution in [0.3, 0.4) is 0 Å². The molecule has 0 fully saturated rings. The molecule has 3 aromatic carbocycles. The number of methoxy groups -OCH3 is 1. The fourth-order valence-electron chi connectivity index (χ4n) is 3.15. The summed E-state index contributed by atoms with van der Waals surface area (Å²) in [6, 6.07) is 14.2. The van der Waals surface area contributed by atoms with E-state index in [2.05, 4.69) is 5.32 Å². The quantitative estimate of drug-likeness (QED) is 0.533. The minimum Gasteiger partial charge on any atom is -0.465 e. The van der Waals surface area contributed by atoms with E-state index in [4.69, 9.17) is 4.74 Å². The number of esters is 1. The minimum absolute atomic E-state index is 0.00544. The minimum atomic E-state index is -4.54. The summed E-state index contributed by atoms with van der Waals surface area (Å²) in [6.45, 7) is 0. The Hall–Kier alpha value is -3.66. The molecular weight excluding hydrogens is 459 g/mol. The Morgan fingerprint density at radius 3 is 2.18 bits per heavy atom. The van der Waals surface area contributed by atoms with Crippen LogP contribution in [0.4, 0.5) is 18.9 Å². The molecule has 0 saturated carbocycles. The molecule has 6 nitrogen and oxygen atoms in total. The zero-order valence-corrected chi connectivity index (χ0v) is 18.3. The summed E-state index contributed by atoms with van der Waals surface area (Å²) < 4.78 is 67.9. The SMILES string of the molecule is COC(=O)c1cc(-c2cccc(C(F)(F)F)c2)ccc1NC(=O)c1ccccc1S(C)(=O)=O. The van der Waals surface area contributed by atoms with Gasteiger partial charge in [0.1, 0.15) is 0 Å². The highest BCUT2D eigenvalue weighted by Crippen LogP contribution is 2.33. The van der Waals surface area contributed by atoms with Crippen LogP contribution in [0.1, 0.15) is 26.3 Å². The second kappa shape index (κ2) is 9.07. The van der Waals surface area contributed by atoms with Gasteiger partial charge in [0.25, 0.3) is 5.91 Å². The number of sulfone groups is 1. The molecule has 0 spiro atoms. The Labute approximate surface area is 187 Å². The normalized spacial score (nSPS) is 11.7. The number of rotatable bonds is 5. The summed E-state index contributed by atoms with van der Waals surface area (Å²) in [6.07, 6.45) is -3.58. The average Bonchev–Trinajstić information content (AvgIpc) is 2.77. The Kier molecular flexibility index (Phi) is 6.59. The first kappa shape index (κ1) is 24.0. The molecule has 0 heterocycles.